The van der Waals surface area contributed by atoms with Gasteiger partial charge in [0.2, 0.25) is 0 Å². The molecule has 0 N–H and O–H groups in total. The van der Waals surface area contributed by atoms with Crippen molar-refractivity contribution in [3.8, 4) is 0 Å². The van der Waals surface area contributed by atoms with E-state index in [0.29, 0.717) is 19.3 Å². The van der Waals surface area contributed by atoms with E-state index in [4.69, 9.17) is 14.2 Å². The van der Waals surface area contributed by atoms with Crippen LogP contribution in [0.1, 0.15) is 239 Å². The number of esters is 3. The van der Waals surface area contributed by atoms with Crippen LogP contribution in [0, 0.1) is 0 Å². The van der Waals surface area contributed by atoms with Gasteiger partial charge < -0.3 is 14.2 Å². The summed E-state index contributed by atoms with van der Waals surface area (Å²) in [4.78, 5) is 37.8. The third-order valence-electron chi connectivity index (χ3n) is 10.7. The molecular weight excluding hydrogens is 757 g/mol. The summed E-state index contributed by atoms with van der Waals surface area (Å²) in [5, 5.41) is 0. The molecule has 0 heterocycles. The van der Waals surface area contributed by atoms with E-state index in [1.54, 1.807) is 0 Å². The highest BCUT2D eigenvalue weighted by molar-refractivity contribution is 5.71. The van der Waals surface area contributed by atoms with Gasteiger partial charge in [0.05, 0.1) is 0 Å². The minimum Gasteiger partial charge on any atom is -0.462 e. The molecule has 0 spiro atoms. The summed E-state index contributed by atoms with van der Waals surface area (Å²) in [6.07, 6.45) is 61.8. The summed E-state index contributed by atoms with van der Waals surface area (Å²) >= 11 is 0. The zero-order valence-corrected chi connectivity index (χ0v) is 39.9. The smallest absolute Gasteiger partial charge is 0.306 e. The van der Waals surface area contributed by atoms with Gasteiger partial charge in [-0.15, -0.1) is 0 Å². The highest BCUT2D eigenvalue weighted by Gasteiger charge is 2.19. The molecule has 0 fully saturated rings. The molecule has 0 bridgehead atoms. The average Bonchev–Trinajstić information content (AvgIpc) is 3.26. The van der Waals surface area contributed by atoms with E-state index in [2.05, 4.69) is 93.7 Å². The fraction of sp³-hybridized carbons (Fsp3) is 0.727. The van der Waals surface area contributed by atoms with E-state index >= 15 is 0 Å². The first kappa shape index (κ1) is 57.9. The fourth-order valence-corrected chi connectivity index (χ4v) is 6.87. The molecule has 350 valence electrons. The Hall–Kier alpha value is -3.15. The van der Waals surface area contributed by atoms with Crippen molar-refractivity contribution in [1.29, 1.82) is 0 Å². The Balaban J connectivity index is 4.27. The van der Waals surface area contributed by atoms with Crippen LogP contribution in [0.15, 0.2) is 72.9 Å². The molecule has 0 aromatic carbocycles. The second-order valence-corrected chi connectivity index (χ2v) is 16.7. The molecule has 1 unspecified atom stereocenters. The Morgan fingerprint density at radius 2 is 0.639 bits per heavy atom. The van der Waals surface area contributed by atoms with Crippen LogP contribution in [0.4, 0.5) is 0 Å². The minimum atomic E-state index is -0.782. The van der Waals surface area contributed by atoms with Crippen LogP contribution in [0.5, 0.6) is 0 Å². The highest BCUT2D eigenvalue weighted by atomic mass is 16.6. The van der Waals surface area contributed by atoms with Crippen LogP contribution >= 0.6 is 0 Å². The topological polar surface area (TPSA) is 78.9 Å². The number of carbonyl (C=O) groups is 3. The van der Waals surface area contributed by atoms with Gasteiger partial charge in [-0.05, 0) is 89.9 Å². The number of rotatable bonds is 45. The molecule has 0 saturated carbocycles. The van der Waals surface area contributed by atoms with E-state index in [9.17, 15) is 14.4 Å². The average molecular weight is 851 g/mol. The largest absolute Gasteiger partial charge is 0.462 e. The first-order valence-electron chi connectivity index (χ1n) is 25.4. The number of ether oxygens (including phenoxy) is 3. The molecule has 0 aliphatic rings. The number of unbranched alkanes of at least 4 members (excludes halogenated alkanes) is 22. The highest BCUT2D eigenvalue weighted by Crippen LogP contribution is 2.14. The number of carbonyl (C=O) groups excluding carboxylic acids is 3. The molecule has 0 aliphatic heterocycles. The summed E-state index contributed by atoms with van der Waals surface area (Å²) in [6, 6.07) is 0. The van der Waals surface area contributed by atoms with Crippen LogP contribution in [0.2, 0.25) is 0 Å². The van der Waals surface area contributed by atoms with Crippen LogP contribution in [0.25, 0.3) is 0 Å². The molecule has 0 radical (unpaired) electrons. The molecule has 0 amide bonds. The van der Waals surface area contributed by atoms with Crippen molar-refractivity contribution in [1.82, 2.24) is 0 Å². The van der Waals surface area contributed by atoms with Gasteiger partial charge >= 0.3 is 17.9 Å². The van der Waals surface area contributed by atoms with E-state index in [0.717, 1.165) is 116 Å². The lowest BCUT2D eigenvalue weighted by Crippen LogP contribution is -2.30. The lowest BCUT2D eigenvalue weighted by molar-refractivity contribution is -0.167. The predicted octanol–water partition coefficient (Wildman–Crippen LogP) is 16.6. The maximum Gasteiger partial charge on any atom is 0.306 e. The lowest BCUT2D eigenvalue weighted by atomic mass is 10.1. The van der Waals surface area contributed by atoms with Gasteiger partial charge in [0.1, 0.15) is 13.2 Å². The standard InChI is InChI=1S/C55H94O6/c1-4-7-10-13-16-18-20-22-24-25-26-27-28-29-31-32-34-36-39-42-45-48-54(57)60-51-52(50-59-53(56)47-44-41-38-15-12-9-6-3)61-55(58)49-46-43-40-37-35-33-30-23-21-19-17-14-11-8-5-2/h7,10,16-19,22-24,26-27,30,52H,4-6,8-9,11-15,20-21,25,28-29,31-51H2,1-3H3/b10-7-,18-16-,19-17-,24-22-,27-26-,30-23-. The van der Waals surface area contributed by atoms with Gasteiger partial charge in [0.15, 0.2) is 6.10 Å². The Morgan fingerprint density at radius 3 is 1.03 bits per heavy atom. The fourth-order valence-electron chi connectivity index (χ4n) is 6.87. The molecule has 0 saturated heterocycles. The van der Waals surface area contributed by atoms with Gasteiger partial charge in [-0.25, -0.2) is 0 Å². The number of hydrogen-bond donors (Lipinski definition) is 0. The van der Waals surface area contributed by atoms with Gasteiger partial charge in [-0.3, -0.25) is 14.4 Å². The van der Waals surface area contributed by atoms with Crippen molar-refractivity contribution in [2.24, 2.45) is 0 Å². The van der Waals surface area contributed by atoms with Gasteiger partial charge in [-0.1, -0.05) is 203 Å². The number of hydrogen-bond acceptors (Lipinski definition) is 6. The first-order chi connectivity index (χ1) is 30.0. The van der Waals surface area contributed by atoms with Crippen molar-refractivity contribution in [3.05, 3.63) is 72.9 Å². The third-order valence-corrected chi connectivity index (χ3v) is 10.7. The van der Waals surface area contributed by atoms with E-state index in [1.165, 1.54) is 83.5 Å². The molecule has 0 rings (SSSR count). The molecule has 6 heteroatoms. The van der Waals surface area contributed by atoms with Crippen molar-refractivity contribution in [2.45, 2.75) is 245 Å². The summed E-state index contributed by atoms with van der Waals surface area (Å²) in [6.45, 7) is 6.43. The Bertz CT molecular complexity index is 1160. The molecule has 0 aliphatic carbocycles. The van der Waals surface area contributed by atoms with E-state index in [1.807, 2.05) is 0 Å². The maximum atomic E-state index is 12.7. The predicted molar refractivity (Wildman–Crippen MR) is 261 cm³/mol. The van der Waals surface area contributed by atoms with Gasteiger partial charge in [0.25, 0.3) is 0 Å². The molecule has 0 aromatic rings. The van der Waals surface area contributed by atoms with Crippen molar-refractivity contribution in [3.63, 3.8) is 0 Å². The van der Waals surface area contributed by atoms with E-state index in [-0.39, 0.29) is 31.1 Å². The van der Waals surface area contributed by atoms with Crippen molar-refractivity contribution >= 4 is 17.9 Å². The lowest BCUT2D eigenvalue weighted by Gasteiger charge is -2.18. The molecule has 6 nitrogen and oxygen atoms in total. The number of allylic oxidation sites excluding steroid dienone is 12. The molecule has 0 aromatic heterocycles. The van der Waals surface area contributed by atoms with Crippen molar-refractivity contribution < 1.29 is 28.6 Å². The van der Waals surface area contributed by atoms with Crippen LogP contribution in [-0.2, 0) is 28.6 Å². The second-order valence-electron chi connectivity index (χ2n) is 16.7. The molecular formula is C55H94O6. The van der Waals surface area contributed by atoms with Crippen LogP contribution < -0.4 is 0 Å². The Kier molecular flexibility index (Phi) is 46.9. The maximum absolute atomic E-state index is 12.7. The van der Waals surface area contributed by atoms with Gasteiger partial charge in [0, 0.05) is 19.3 Å². The monoisotopic (exact) mass is 851 g/mol. The second kappa shape index (κ2) is 49.5. The SMILES string of the molecule is CC/C=C\C/C=C\C/C=C\C/C=C\CCCCCCCCCCC(=O)OCC(COC(=O)CCCCCCCCC)OC(=O)CCCCCCC/C=C\C/C=C\CCCCC. The Morgan fingerprint density at radius 1 is 0.344 bits per heavy atom. The summed E-state index contributed by atoms with van der Waals surface area (Å²) in [5.41, 5.74) is 0. The normalized spacial score (nSPS) is 12.6. The van der Waals surface area contributed by atoms with Crippen LogP contribution in [-0.4, -0.2) is 37.2 Å². The van der Waals surface area contributed by atoms with Crippen molar-refractivity contribution in [2.75, 3.05) is 13.2 Å². The first-order valence-corrected chi connectivity index (χ1v) is 25.4. The molecule has 61 heavy (non-hydrogen) atoms. The summed E-state index contributed by atoms with van der Waals surface area (Å²) < 4.78 is 16.7. The Labute approximate surface area is 376 Å². The zero-order chi connectivity index (χ0) is 44.4. The minimum absolute atomic E-state index is 0.0834. The molecule has 1 atom stereocenters. The van der Waals surface area contributed by atoms with E-state index < -0.39 is 6.10 Å². The van der Waals surface area contributed by atoms with Crippen LogP contribution in [0.3, 0.4) is 0 Å². The third kappa shape index (κ3) is 47.7. The summed E-state index contributed by atoms with van der Waals surface area (Å²) in [5.74, 6) is -0.912. The quantitative estimate of drug-likeness (QED) is 0.0263. The zero-order valence-electron chi connectivity index (χ0n) is 39.9. The summed E-state index contributed by atoms with van der Waals surface area (Å²) in [7, 11) is 0. The van der Waals surface area contributed by atoms with Gasteiger partial charge in [-0.2, -0.15) is 0 Å².